The number of hydrogen-bond donors (Lipinski definition) is 1. The second-order valence-corrected chi connectivity index (χ2v) is 11.6. The third-order valence-corrected chi connectivity index (χ3v) is 8.72. The van der Waals surface area contributed by atoms with Gasteiger partial charge in [-0.2, -0.15) is 0 Å². The molecule has 0 bridgehead atoms. The Bertz CT molecular complexity index is 1720. The number of carbonyl (C=O) groups is 1. The minimum absolute atomic E-state index is 0.144. The van der Waals surface area contributed by atoms with Crippen LogP contribution in [0.2, 0.25) is 10.0 Å². The first-order chi connectivity index (χ1) is 19.6. The number of benzene rings is 4. The Morgan fingerprint density at radius 1 is 0.950 bits per heavy atom. The summed E-state index contributed by atoms with van der Waals surface area (Å²) in [6.45, 7) is 0.335. The maximum absolute atomic E-state index is 13.5. The van der Waals surface area contributed by atoms with Gasteiger partial charge in [-0.3, -0.25) is 4.79 Å². The zero-order valence-electron chi connectivity index (χ0n) is 21.6. The first kappa shape index (κ1) is 26.6. The second kappa shape index (κ2) is 11.8. The highest BCUT2D eigenvalue weighted by Crippen LogP contribution is 2.41. The van der Waals surface area contributed by atoms with Crippen molar-refractivity contribution in [2.45, 2.75) is 32.3 Å². The number of thiophene rings is 1. The number of anilines is 1. The predicted molar refractivity (Wildman–Crippen MR) is 167 cm³/mol. The molecule has 4 nitrogen and oxygen atoms in total. The Kier molecular flexibility index (Phi) is 7.87. The van der Waals surface area contributed by atoms with Crippen LogP contribution in [0.3, 0.4) is 0 Å². The molecule has 40 heavy (non-hydrogen) atoms. The van der Waals surface area contributed by atoms with Crippen LogP contribution in [0.15, 0.2) is 89.9 Å². The molecule has 4 aromatic carbocycles. The maximum atomic E-state index is 13.5. The average molecular weight is 586 g/mol. The van der Waals surface area contributed by atoms with Gasteiger partial charge in [0.1, 0.15) is 17.4 Å². The van der Waals surface area contributed by atoms with E-state index in [-0.39, 0.29) is 5.91 Å². The smallest absolute Gasteiger partial charge is 0.259 e. The van der Waals surface area contributed by atoms with Gasteiger partial charge in [0, 0.05) is 27.4 Å². The number of nitrogens with one attached hydrogen (secondary N) is 1. The van der Waals surface area contributed by atoms with Gasteiger partial charge in [0.25, 0.3) is 5.91 Å². The van der Waals surface area contributed by atoms with Crippen molar-refractivity contribution in [2.24, 2.45) is 4.99 Å². The average Bonchev–Trinajstić information content (AvgIpc) is 3.34. The largest absolute Gasteiger partial charge is 0.487 e. The Balaban J connectivity index is 1.33. The molecule has 6 rings (SSSR count). The van der Waals surface area contributed by atoms with Gasteiger partial charge < -0.3 is 10.1 Å². The molecule has 200 valence electrons. The van der Waals surface area contributed by atoms with Crippen LogP contribution in [-0.4, -0.2) is 12.1 Å². The molecular formula is C33H26Cl2N2O2S. The Morgan fingerprint density at radius 3 is 2.60 bits per heavy atom. The number of aliphatic imine (C=N–C) groups is 1. The number of ether oxygens (including phenoxy) is 1. The van der Waals surface area contributed by atoms with Crippen molar-refractivity contribution in [3.8, 4) is 5.75 Å². The fraction of sp³-hybridized carbons (Fsp3) is 0.152. The Hall–Kier alpha value is -3.64. The first-order valence-electron chi connectivity index (χ1n) is 13.2. The maximum Gasteiger partial charge on any atom is 0.259 e. The summed E-state index contributed by atoms with van der Waals surface area (Å²) in [4.78, 5) is 19.5. The quantitative estimate of drug-likeness (QED) is 0.193. The van der Waals surface area contributed by atoms with Crippen LogP contribution < -0.4 is 10.1 Å². The molecule has 1 N–H and O–H groups in total. The third-order valence-electron chi connectivity index (χ3n) is 7.02. The molecule has 0 saturated carbocycles. The van der Waals surface area contributed by atoms with E-state index in [1.54, 1.807) is 29.7 Å². The fourth-order valence-corrected chi connectivity index (χ4v) is 6.91. The Labute approximate surface area is 247 Å². The topological polar surface area (TPSA) is 50.7 Å². The van der Waals surface area contributed by atoms with Gasteiger partial charge in [-0.05, 0) is 71.8 Å². The number of aryl methyl sites for hydroxylation is 1. The molecule has 0 fully saturated rings. The molecule has 1 aromatic heterocycles. The number of para-hydroxylation sites is 1. The minimum atomic E-state index is -0.144. The number of hydrogen-bond acceptors (Lipinski definition) is 4. The molecule has 0 saturated heterocycles. The Morgan fingerprint density at radius 2 is 1.73 bits per heavy atom. The number of amides is 1. The molecule has 5 aromatic rings. The van der Waals surface area contributed by atoms with E-state index in [2.05, 4.69) is 23.5 Å². The second-order valence-electron chi connectivity index (χ2n) is 9.70. The third kappa shape index (κ3) is 5.64. The van der Waals surface area contributed by atoms with E-state index in [0.29, 0.717) is 38.5 Å². The van der Waals surface area contributed by atoms with Crippen LogP contribution in [0.4, 0.5) is 10.7 Å². The lowest BCUT2D eigenvalue weighted by molar-refractivity contribution is 0.102. The van der Waals surface area contributed by atoms with Crippen molar-refractivity contribution in [1.29, 1.82) is 0 Å². The van der Waals surface area contributed by atoms with Crippen molar-refractivity contribution in [3.05, 3.63) is 122 Å². The number of rotatable bonds is 7. The molecule has 1 aliphatic rings. The summed E-state index contributed by atoms with van der Waals surface area (Å²) < 4.78 is 6.29. The van der Waals surface area contributed by atoms with Crippen LogP contribution in [0.1, 0.15) is 44.8 Å². The molecule has 0 aliphatic heterocycles. The summed E-state index contributed by atoms with van der Waals surface area (Å²) in [5.74, 6) is 0.355. The van der Waals surface area contributed by atoms with E-state index in [9.17, 15) is 4.79 Å². The van der Waals surface area contributed by atoms with Crippen molar-refractivity contribution < 1.29 is 9.53 Å². The SMILES string of the molecule is O=C(Nc1ccccc1)c1c(N=Cc2cc(Cl)cc(Cl)c2OCc2cccc3ccccc23)sc2c1CCCC2. The molecule has 1 amide bonds. The monoisotopic (exact) mass is 584 g/mol. The predicted octanol–water partition coefficient (Wildman–Crippen LogP) is 9.67. The normalized spacial score (nSPS) is 12.9. The summed E-state index contributed by atoms with van der Waals surface area (Å²) in [5.41, 5.74) is 4.21. The van der Waals surface area contributed by atoms with Crippen LogP contribution in [0.5, 0.6) is 5.75 Å². The van der Waals surface area contributed by atoms with Gasteiger partial charge in [-0.1, -0.05) is 83.9 Å². The van der Waals surface area contributed by atoms with Gasteiger partial charge in [-0.25, -0.2) is 4.99 Å². The lowest BCUT2D eigenvalue weighted by atomic mass is 9.95. The van der Waals surface area contributed by atoms with Gasteiger partial charge in [0.05, 0.1) is 10.6 Å². The minimum Gasteiger partial charge on any atom is -0.487 e. The summed E-state index contributed by atoms with van der Waals surface area (Å²) in [6, 6.07) is 27.3. The van der Waals surface area contributed by atoms with E-state index in [1.165, 1.54) is 4.88 Å². The highest BCUT2D eigenvalue weighted by molar-refractivity contribution is 7.16. The number of nitrogens with zero attached hydrogens (tertiary/aromatic N) is 1. The van der Waals surface area contributed by atoms with E-state index in [0.717, 1.165) is 53.3 Å². The number of carbonyl (C=O) groups excluding carboxylic acids is 1. The molecule has 1 aliphatic carbocycles. The van der Waals surface area contributed by atoms with Crippen LogP contribution in [0, 0.1) is 0 Å². The molecule has 0 spiro atoms. The molecule has 1 heterocycles. The molecule has 0 unspecified atom stereocenters. The van der Waals surface area contributed by atoms with Gasteiger partial charge in [-0.15, -0.1) is 11.3 Å². The van der Waals surface area contributed by atoms with E-state index >= 15 is 0 Å². The highest BCUT2D eigenvalue weighted by atomic mass is 35.5. The van der Waals surface area contributed by atoms with Crippen molar-refractivity contribution >= 4 is 68.1 Å². The zero-order chi connectivity index (χ0) is 27.5. The number of halogens is 2. The molecule has 7 heteroatoms. The van der Waals surface area contributed by atoms with Crippen molar-refractivity contribution in [1.82, 2.24) is 0 Å². The zero-order valence-corrected chi connectivity index (χ0v) is 24.0. The van der Waals surface area contributed by atoms with E-state index < -0.39 is 0 Å². The number of fused-ring (bicyclic) bond motifs is 2. The fourth-order valence-electron chi connectivity index (χ4n) is 5.12. The van der Waals surface area contributed by atoms with Crippen LogP contribution in [-0.2, 0) is 19.4 Å². The van der Waals surface area contributed by atoms with Gasteiger partial charge in [0.2, 0.25) is 0 Å². The van der Waals surface area contributed by atoms with Crippen LogP contribution >= 0.6 is 34.5 Å². The van der Waals surface area contributed by atoms with Crippen LogP contribution in [0.25, 0.3) is 10.8 Å². The summed E-state index contributed by atoms with van der Waals surface area (Å²) in [7, 11) is 0. The van der Waals surface area contributed by atoms with E-state index in [4.69, 9.17) is 32.9 Å². The molecule has 0 atom stereocenters. The lowest BCUT2D eigenvalue weighted by Crippen LogP contribution is -2.14. The highest BCUT2D eigenvalue weighted by Gasteiger charge is 2.25. The molecule has 0 radical (unpaired) electrons. The van der Waals surface area contributed by atoms with Gasteiger partial charge in [0.15, 0.2) is 0 Å². The molecular weight excluding hydrogens is 559 g/mol. The summed E-state index contributed by atoms with van der Waals surface area (Å²) in [5, 5.41) is 6.88. The standard InChI is InChI=1S/C33H26Cl2N2O2S/c34-24-17-23(31(28(35)18-24)39-20-22-11-8-10-21-9-4-5-14-26(21)22)19-36-33-30(27-15-6-7-16-29(27)40-33)32(38)37-25-12-2-1-3-13-25/h1-5,8-14,17-19H,6-7,15-16,20H2,(H,37,38). The van der Waals surface area contributed by atoms with E-state index in [1.807, 2.05) is 54.6 Å². The summed E-state index contributed by atoms with van der Waals surface area (Å²) >= 11 is 14.6. The first-order valence-corrected chi connectivity index (χ1v) is 14.8. The lowest BCUT2D eigenvalue weighted by Gasteiger charge is -2.13. The van der Waals surface area contributed by atoms with Crippen molar-refractivity contribution in [2.75, 3.05) is 5.32 Å². The summed E-state index contributed by atoms with van der Waals surface area (Å²) in [6.07, 6.45) is 5.72. The van der Waals surface area contributed by atoms with Gasteiger partial charge >= 0.3 is 0 Å². The van der Waals surface area contributed by atoms with Crippen molar-refractivity contribution in [3.63, 3.8) is 0 Å².